The van der Waals surface area contributed by atoms with E-state index in [-0.39, 0.29) is 18.1 Å². The van der Waals surface area contributed by atoms with E-state index in [1.807, 2.05) is 26.8 Å². The first kappa shape index (κ1) is 15.8. The Morgan fingerprint density at radius 1 is 1.32 bits per heavy atom. The van der Waals surface area contributed by atoms with E-state index in [0.717, 1.165) is 17.9 Å². The molecule has 0 saturated heterocycles. The molecule has 6 nitrogen and oxygen atoms in total. The Labute approximate surface area is 128 Å². The molecule has 6 heteroatoms. The van der Waals surface area contributed by atoms with Crippen molar-refractivity contribution < 1.29 is 14.5 Å². The zero-order valence-corrected chi connectivity index (χ0v) is 12.8. The van der Waals surface area contributed by atoms with E-state index in [1.54, 1.807) is 6.07 Å². The van der Waals surface area contributed by atoms with Gasteiger partial charge < -0.3 is 9.30 Å². The van der Waals surface area contributed by atoms with E-state index in [0.29, 0.717) is 11.3 Å². The quantitative estimate of drug-likeness (QED) is 0.466. The Kier molecular flexibility index (Phi) is 4.60. The third kappa shape index (κ3) is 3.16. The minimum atomic E-state index is -0.496. The predicted molar refractivity (Wildman–Crippen MR) is 82.5 cm³/mol. The molecule has 0 amide bonds. The third-order valence-corrected chi connectivity index (χ3v) is 3.59. The molecule has 0 N–H and O–H groups in total. The lowest BCUT2D eigenvalue weighted by Gasteiger charge is -2.07. The highest BCUT2D eigenvalue weighted by Gasteiger charge is 2.16. The summed E-state index contributed by atoms with van der Waals surface area (Å²) >= 11 is 0. The number of carbonyl (C=O) groups is 1. The van der Waals surface area contributed by atoms with Gasteiger partial charge in [0.2, 0.25) is 5.78 Å². The Bertz CT molecular complexity index is 719. The molecule has 1 aromatic heterocycles. The SMILES string of the molecule is CCn1c(C)cc(C(=O)COc2cccc([N+](=O)[O-])c2)c1C. The summed E-state index contributed by atoms with van der Waals surface area (Å²) in [6, 6.07) is 7.65. The number of nitro benzene ring substituents is 1. The van der Waals surface area contributed by atoms with Crippen LogP contribution in [0.25, 0.3) is 0 Å². The zero-order valence-electron chi connectivity index (χ0n) is 12.8. The van der Waals surface area contributed by atoms with E-state index in [4.69, 9.17) is 4.74 Å². The van der Waals surface area contributed by atoms with Crippen LogP contribution in [-0.2, 0) is 6.54 Å². The van der Waals surface area contributed by atoms with Gasteiger partial charge in [0.05, 0.1) is 11.0 Å². The number of Topliss-reactive ketones (excluding diaryl/α,β-unsaturated/α-hetero) is 1. The summed E-state index contributed by atoms with van der Waals surface area (Å²) in [5.41, 5.74) is 2.50. The maximum Gasteiger partial charge on any atom is 0.273 e. The molecule has 0 unspecified atom stereocenters. The minimum absolute atomic E-state index is 0.0610. The number of ketones is 1. The molecular weight excluding hydrogens is 284 g/mol. The third-order valence-electron chi connectivity index (χ3n) is 3.59. The van der Waals surface area contributed by atoms with Crippen LogP contribution in [0.1, 0.15) is 28.7 Å². The molecule has 0 atom stereocenters. The maximum atomic E-state index is 12.3. The van der Waals surface area contributed by atoms with Crippen molar-refractivity contribution in [2.45, 2.75) is 27.3 Å². The van der Waals surface area contributed by atoms with Crippen molar-refractivity contribution in [2.75, 3.05) is 6.61 Å². The summed E-state index contributed by atoms with van der Waals surface area (Å²) in [4.78, 5) is 22.5. The zero-order chi connectivity index (χ0) is 16.3. The number of hydrogen-bond acceptors (Lipinski definition) is 4. The molecule has 116 valence electrons. The van der Waals surface area contributed by atoms with Gasteiger partial charge in [0.15, 0.2) is 6.61 Å². The van der Waals surface area contributed by atoms with Gasteiger partial charge in [0, 0.05) is 29.6 Å². The van der Waals surface area contributed by atoms with Crippen molar-refractivity contribution in [3.8, 4) is 5.75 Å². The van der Waals surface area contributed by atoms with Crippen molar-refractivity contribution in [2.24, 2.45) is 0 Å². The van der Waals surface area contributed by atoms with Crippen LogP contribution in [0, 0.1) is 24.0 Å². The van der Waals surface area contributed by atoms with Crippen LogP contribution < -0.4 is 4.74 Å². The van der Waals surface area contributed by atoms with Crippen LogP contribution >= 0.6 is 0 Å². The summed E-state index contributed by atoms with van der Waals surface area (Å²) in [5.74, 6) is 0.172. The normalized spacial score (nSPS) is 10.5. The number of hydrogen-bond donors (Lipinski definition) is 0. The van der Waals surface area contributed by atoms with E-state index in [1.165, 1.54) is 18.2 Å². The number of rotatable bonds is 6. The smallest absolute Gasteiger partial charge is 0.273 e. The van der Waals surface area contributed by atoms with E-state index >= 15 is 0 Å². The number of benzene rings is 1. The minimum Gasteiger partial charge on any atom is -0.485 e. The molecule has 0 fully saturated rings. The Balaban J connectivity index is 2.10. The summed E-state index contributed by atoms with van der Waals surface area (Å²) in [6.07, 6.45) is 0. The lowest BCUT2D eigenvalue weighted by atomic mass is 10.1. The summed E-state index contributed by atoms with van der Waals surface area (Å²) < 4.78 is 7.44. The molecule has 22 heavy (non-hydrogen) atoms. The second-order valence-electron chi connectivity index (χ2n) is 5.00. The van der Waals surface area contributed by atoms with Crippen molar-refractivity contribution >= 4 is 11.5 Å². The second kappa shape index (κ2) is 6.43. The van der Waals surface area contributed by atoms with Gasteiger partial charge in [-0.3, -0.25) is 14.9 Å². The fourth-order valence-electron chi connectivity index (χ4n) is 2.48. The number of aryl methyl sites for hydroxylation is 1. The van der Waals surface area contributed by atoms with E-state index in [2.05, 4.69) is 4.57 Å². The van der Waals surface area contributed by atoms with Crippen molar-refractivity contribution in [3.05, 3.63) is 57.4 Å². The van der Waals surface area contributed by atoms with Crippen molar-refractivity contribution in [3.63, 3.8) is 0 Å². The molecule has 2 rings (SSSR count). The molecule has 0 spiro atoms. The van der Waals surface area contributed by atoms with E-state index in [9.17, 15) is 14.9 Å². The van der Waals surface area contributed by atoms with Crippen LogP contribution in [0.4, 0.5) is 5.69 Å². The highest BCUT2D eigenvalue weighted by Crippen LogP contribution is 2.20. The highest BCUT2D eigenvalue weighted by molar-refractivity contribution is 5.98. The molecular formula is C16H18N2O4. The highest BCUT2D eigenvalue weighted by atomic mass is 16.6. The molecule has 0 aliphatic rings. The summed E-state index contributed by atoms with van der Waals surface area (Å²) in [5, 5.41) is 10.7. The van der Waals surface area contributed by atoms with Gasteiger partial charge in [-0.2, -0.15) is 0 Å². The first-order valence-corrected chi connectivity index (χ1v) is 7.01. The molecule has 0 aliphatic carbocycles. The van der Waals surface area contributed by atoms with Crippen LogP contribution in [0.2, 0.25) is 0 Å². The fourth-order valence-corrected chi connectivity index (χ4v) is 2.48. The average Bonchev–Trinajstić information content (AvgIpc) is 2.79. The fraction of sp³-hybridized carbons (Fsp3) is 0.312. The van der Waals surface area contributed by atoms with Crippen molar-refractivity contribution in [1.29, 1.82) is 0 Å². The number of nitrogens with zero attached hydrogens (tertiary/aromatic N) is 2. The molecule has 1 heterocycles. The monoisotopic (exact) mass is 302 g/mol. The van der Waals surface area contributed by atoms with Gasteiger partial charge in [0.25, 0.3) is 5.69 Å². The largest absolute Gasteiger partial charge is 0.485 e. The first-order valence-electron chi connectivity index (χ1n) is 7.01. The topological polar surface area (TPSA) is 74.4 Å². The van der Waals surface area contributed by atoms with Crippen molar-refractivity contribution in [1.82, 2.24) is 4.57 Å². The van der Waals surface area contributed by atoms with Gasteiger partial charge in [-0.1, -0.05) is 6.07 Å². The van der Waals surface area contributed by atoms with E-state index < -0.39 is 4.92 Å². The lowest BCUT2D eigenvalue weighted by molar-refractivity contribution is -0.384. The number of carbonyl (C=O) groups excluding carboxylic acids is 1. The molecule has 1 aromatic carbocycles. The van der Waals surface area contributed by atoms with Gasteiger partial charge in [-0.25, -0.2) is 0 Å². The second-order valence-corrected chi connectivity index (χ2v) is 5.00. The number of non-ortho nitro benzene ring substituents is 1. The number of ether oxygens (including phenoxy) is 1. The van der Waals surface area contributed by atoms with Crippen LogP contribution in [0.15, 0.2) is 30.3 Å². The number of nitro groups is 1. The van der Waals surface area contributed by atoms with Gasteiger partial charge >= 0.3 is 0 Å². The van der Waals surface area contributed by atoms with Gasteiger partial charge in [0.1, 0.15) is 5.75 Å². The molecule has 0 radical (unpaired) electrons. The number of aromatic nitrogens is 1. The molecule has 0 bridgehead atoms. The van der Waals surface area contributed by atoms with Crippen LogP contribution in [0.3, 0.4) is 0 Å². The van der Waals surface area contributed by atoms with Gasteiger partial charge in [-0.05, 0) is 32.9 Å². The maximum absolute atomic E-state index is 12.3. The molecule has 0 aliphatic heterocycles. The summed E-state index contributed by atoms with van der Waals surface area (Å²) in [6.45, 7) is 6.53. The van der Waals surface area contributed by atoms with Crippen LogP contribution in [-0.4, -0.2) is 21.9 Å². The molecule has 0 saturated carbocycles. The summed E-state index contributed by atoms with van der Waals surface area (Å²) in [7, 11) is 0. The predicted octanol–water partition coefficient (Wildman–Crippen LogP) is 3.29. The van der Waals surface area contributed by atoms with Crippen LogP contribution in [0.5, 0.6) is 5.75 Å². The Hall–Kier alpha value is -2.63. The average molecular weight is 302 g/mol. The molecule has 2 aromatic rings. The Morgan fingerprint density at radius 3 is 2.64 bits per heavy atom. The van der Waals surface area contributed by atoms with Gasteiger partial charge in [-0.15, -0.1) is 0 Å². The first-order chi connectivity index (χ1) is 10.4. The lowest BCUT2D eigenvalue weighted by Crippen LogP contribution is -2.13. The standard InChI is InChI=1S/C16H18N2O4/c1-4-17-11(2)8-15(12(17)3)16(19)10-22-14-7-5-6-13(9-14)18(20)21/h5-9H,4,10H2,1-3H3. The Morgan fingerprint density at radius 2 is 2.05 bits per heavy atom.